The molecular weight excluding hydrogens is 288 g/mol. The molecule has 21 heavy (non-hydrogen) atoms. The molecule has 0 aliphatic heterocycles. The van der Waals surface area contributed by atoms with E-state index in [0.29, 0.717) is 12.2 Å². The van der Waals surface area contributed by atoms with E-state index in [1.54, 1.807) is 49.2 Å². The Morgan fingerprint density at radius 2 is 1.81 bits per heavy atom. The molecule has 0 saturated heterocycles. The first-order chi connectivity index (χ1) is 9.92. The molecule has 0 unspecified atom stereocenters. The smallest absolute Gasteiger partial charge is 0.240 e. The summed E-state index contributed by atoms with van der Waals surface area (Å²) in [5.74, 6) is 0. The molecule has 7 heteroatoms. The van der Waals surface area contributed by atoms with Gasteiger partial charge in [0.15, 0.2) is 0 Å². The summed E-state index contributed by atoms with van der Waals surface area (Å²) in [6, 6.07) is 11.7. The van der Waals surface area contributed by atoms with Gasteiger partial charge in [-0.3, -0.25) is 0 Å². The lowest BCUT2D eigenvalue weighted by Crippen LogP contribution is -2.32. The molecule has 0 atom stereocenters. The maximum absolute atomic E-state index is 12.0. The second-order valence-corrected chi connectivity index (χ2v) is 6.08. The van der Waals surface area contributed by atoms with Crippen LogP contribution in [0.1, 0.15) is 6.92 Å². The Labute approximate surface area is 125 Å². The Balaban J connectivity index is 2.65. The molecular formula is C14H16N4O2S. The highest BCUT2D eigenvalue weighted by Crippen LogP contribution is 2.08. The van der Waals surface area contributed by atoms with Crippen LogP contribution in [0.5, 0.6) is 0 Å². The quantitative estimate of drug-likeness (QED) is 0.797. The second-order valence-electron chi connectivity index (χ2n) is 4.32. The zero-order valence-corrected chi connectivity index (χ0v) is 12.7. The third-order valence-corrected chi connectivity index (χ3v) is 4.43. The molecule has 0 amide bonds. The minimum absolute atomic E-state index is 0.0171. The summed E-state index contributed by atoms with van der Waals surface area (Å²) in [5.41, 5.74) is 0.530. The lowest BCUT2D eigenvalue weighted by molar-refractivity contribution is 0.419. The van der Waals surface area contributed by atoms with Gasteiger partial charge >= 0.3 is 0 Å². The van der Waals surface area contributed by atoms with Gasteiger partial charge in [0.2, 0.25) is 10.0 Å². The molecule has 0 saturated carbocycles. The van der Waals surface area contributed by atoms with Gasteiger partial charge in [-0.15, -0.1) is 0 Å². The number of nitrogens with one attached hydrogen (secondary N) is 1. The van der Waals surface area contributed by atoms with E-state index in [0.717, 1.165) is 0 Å². The summed E-state index contributed by atoms with van der Waals surface area (Å²) in [5, 5.41) is 17.6. The first-order valence-corrected chi connectivity index (χ1v) is 7.67. The van der Waals surface area contributed by atoms with Crippen molar-refractivity contribution in [1.82, 2.24) is 9.62 Å². The van der Waals surface area contributed by atoms with Gasteiger partial charge < -0.3 is 4.90 Å². The number of hydrogen-bond donors (Lipinski definition) is 1. The van der Waals surface area contributed by atoms with Crippen LogP contribution in [0.15, 0.2) is 46.5 Å². The van der Waals surface area contributed by atoms with Crippen LogP contribution in [0.3, 0.4) is 0 Å². The van der Waals surface area contributed by atoms with Gasteiger partial charge in [-0.25, -0.2) is 13.1 Å². The Hall–Kier alpha value is -2.35. The van der Waals surface area contributed by atoms with Crippen LogP contribution in [0.25, 0.3) is 0 Å². The third kappa shape index (κ3) is 4.60. The van der Waals surface area contributed by atoms with Crippen molar-refractivity contribution in [2.45, 2.75) is 11.8 Å². The summed E-state index contributed by atoms with van der Waals surface area (Å²) < 4.78 is 26.4. The molecule has 0 aromatic heterocycles. The van der Waals surface area contributed by atoms with Crippen molar-refractivity contribution in [2.24, 2.45) is 0 Å². The Morgan fingerprint density at radius 1 is 1.24 bits per heavy atom. The average molecular weight is 304 g/mol. The van der Waals surface area contributed by atoms with E-state index < -0.39 is 10.0 Å². The van der Waals surface area contributed by atoms with E-state index in [1.165, 1.54) is 12.1 Å². The van der Waals surface area contributed by atoms with E-state index in [1.807, 2.05) is 0 Å². The summed E-state index contributed by atoms with van der Waals surface area (Å²) in [7, 11) is -1.84. The number of likely N-dealkylation sites (N-methyl/N-ethyl adjacent to an activating group) is 1. The zero-order chi connectivity index (χ0) is 15.9. The number of rotatable bonds is 6. The van der Waals surface area contributed by atoms with Crippen LogP contribution in [0.2, 0.25) is 0 Å². The van der Waals surface area contributed by atoms with Gasteiger partial charge in [-0.05, 0) is 19.1 Å². The summed E-state index contributed by atoms with van der Waals surface area (Å²) >= 11 is 0. The van der Waals surface area contributed by atoms with Gasteiger partial charge in [-0.1, -0.05) is 18.2 Å². The van der Waals surface area contributed by atoms with E-state index in [9.17, 15) is 8.42 Å². The van der Waals surface area contributed by atoms with Crippen molar-refractivity contribution < 1.29 is 8.42 Å². The molecule has 0 aliphatic carbocycles. The average Bonchev–Trinajstić information content (AvgIpc) is 2.49. The molecule has 1 aromatic carbocycles. The maximum Gasteiger partial charge on any atom is 0.240 e. The van der Waals surface area contributed by atoms with E-state index in [2.05, 4.69) is 4.72 Å². The van der Waals surface area contributed by atoms with Gasteiger partial charge in [-0.2, -0.15) is 10.5 Å². The van der Waals surface area contributed by atoms with Crippen LogP contribution < -0.4 is 4.72 Å². The number of sulfonamides is 1. The fraction of sp³-hybridized carbons (Fsp3) is 0.286. The zero-order valence-electron chi connectivity index (χ0n) is 11.9. The van der Waals surface area contributed by atoms with Gasteiger partial charge in [0.25, 0.3) is 0 Å². The first kappa shape index (κ1) is 16.7. The predicted molar refractivity (Wildman–Crippen MR) is 78.2 cm³/mol. The van der Waals surface area contributed by atoms with Gasteiger partial charge in [0, 0.05) is 25.8 Å². The van der Waals surface area contributed by atoms with E-state index >= 15 is 0 Å². The van der Waals surface area contributed by atoms with Crippen LogP contribution >= 0.6 is 0 Å². The van der Waals surface area contributed by atoms with Crippen LogP contribution in [0.4, 0.5) is 0 Å². The second kappa shape index (κ2) is 7.44. The molecule has 6 nitrogen and oxygen atoms in total. The summed E-state index contributed by atoms with van der Waals surface area (Å²) in [6.07, 6.45) is 0. The standard InChI is InChI=1S/C14H16N4O2S/c1-12(13(10-15)11-16)18(2)9-8-17-21(19,20)14-6-4-3-5-7-14/h3-7,17H,8-9H2,1-2H3. The fourth-order valence-corrected chi connectivity index (χ4v) is 2.62. The molecule has 0 heterocycles. The monoisotopic (exact) mass is 304 g/mol. The molecule has 0 radical (unpaired) electrons. The SMILES string of the molecule is CC(=C(C#N)C#N)N(C)CCNS(=O)(=O)c1ccccc1. The maximum atomic E-state index is 12.0. The molecule has 0 bridgehead atoms. The minimum Gasteiger partial charge on any atom is -0.375 e. The number of hydrogen-bond acceptors (Lipinski definition) is 5. The summed E-state index contributed by atoms with van der Waals surface area (Å²) in [6.45, 7) is 2.17. The fourth-order valence-electron chi connectivity index (χ4n) is 1.58. The number of nitrogens with zero attached hydrogens (tertiary/aromatic N) is 3. The first-order valence-electron chi connectivity index (χ1n) is 6.19. The van der Waals surface area contributed by atoms with Crippen molar-refractivity contribution in [3.63, 3.8) is 0 Å². The molecule has 110 valence electrons. The van der Waals surface area contributed by atoms with Crippen molar-refractivity contribution in [2.75, 3.05) is 20.1 Å². The van der Waals surface area contributed by atoms with Crippen LogP contribution in [-0.2, 0) is 10.0 Å². The highest BCUT2D eigenvalue weighted by Gasteiger charge is 2.13. The van der Waals surface area contributed by atoms with Crippen LogP contribution in [0, 0.1) is 22.7 Å². The molecule has 0 spiro atoms. The lowest BCUT2D eigenvalue weighted by Gasteiger charge is -2.20. The van der Waals surface area contributed by atoms with Crippen LogP contribution in [-0.4, -0.2) is 33.5 Å². The van der Waals surface area contributed by atoms with Crippen molar-refractivity contribution >= 4 is 10.0 Å². The molecule has 1 rings (SSSR count). The largest absolute Gasteiger partial charge is 0.375 e. The van der Waals surface area contributed by atoms with Gasteiger partial charge in [0.05, 0.1) is 4.90 Å². The van der Waals surface area contributed by atoms with E-state index in [-0.39, 0.29) is 17.0 Å². The molecule has 0 fully saturated rings. The van der Waals surface area contributed by atoms with Crippen molar-refractivity contribution in [3.8, 4) is 12.1 Å². The predicted octanol–water partition coefficient (Wildman–Crippen LogP) is 1.22. The lowest BCUT2D eigenvalue weighted by atomic mass is 10.2. The number of benzene rings is 1. The van der Waals surface area contributed by atoms with Gasteiger partial charge in [0.1, 0.15) is 17.7 Å². The Bertz CT molecular complexity index is 681. The Kier molecular flexibility index (Phi) is 5.92. The number of nitriles is 2. The topological polar surface area (TPSA) is 97.0 Å². The number of allylic oxidation sites excluding steroid dienone is 2. The normalized spacial score (nSPS) is 10.3. The summed E-state index contributed by atoms with van der Waals surface area (Å²) in [4.78, 5) is 1.87. The third-order valence-electron chi connectivity index (χ3n) is 2.95. The van der Waals surface area contributed by atoms with Crippen molar-refractivity contribution in [1.29, 1.82) is 10.5 Å². The Morgan fingerprint density at radius 3 is 2.33 bits per heavy atom. The molecule has 1 aromatic rings. The molecule has 1 N–H and O–H groups in total. The minimum atomic E-state index is -3.54. The van der Waals surface area contributed by atoms with Crippen molar-refractivity contribution in [3.05, 3.63) is 41.6 Å². The molecule has 0 aliphatic rings. The van der Waals surface area contributed by atoms with E-state index in [4.69, 9.17) is 10.5 Å². The highest BCUT2D eigenvalue weighted by molar-refractivity contribution is 7.89. The highest BCUT2D eigenvalue weighted by atomic mass is 32.2.